The van der Waals surface area contributed by atoms with Gasteiger partial charge in [0, 0.05) is 34.6 Å². The third kappa shape index (κ3) is 4.93. The first-order valence-electron chi connectivity index (χ1n) is 12.3. The molecule has 5 rings (SSSR count). The third-order valence-electron chi connectivity index (χ3n) is 6.23. The zero-order valence-corrected chi connectivity index (χ0v) is 20.3. The Morgan fingerprint density at radius 3 is 2.64 bits per heavy atom. The number of hydrogen-bond acceptors (Lipinski definition) is 4. The maximum absolute atomic E-state index is 10.9. The van der Waals surface area contributed by atoms with Crippen molar-refractivity contribution in [2.24, 2.45) is 0 Å². The molecule has 0 amide bonds. The number of furan rings is 1. The Morgan fingerprint density at radius 2 is 1.83 bits per heavy atom. The predicted molar refractivity (Wildman–Crippen MR) is 141 cm³/mol. The zero-order chi connectivity index (χ0) is 24.9. The Hall–Kier alpha value is -4.19. The van der Waals surface area contributed by atoms with Gasteiger partial charge in [-0.15, -0.1) is 0 Å². The highest BCUT2D eigenvalue weighted by molar-refractivity contribution is 5.88. The molecule has 6 heteroatoms. The first-order chi connectivity index (χ1) is 17.6. The molecule has 2 heterocycles. The maximum atomic E-state index is 10.9. The summed E-state index contributed by atoms with van der Waals surface area (Å²) in [4.78, 5) is 10.9. The van der Waals surface area contributed by atoms with E-state index in [0.717, 1.165) is 70.3 Å². The number of aryl methyl sites for hydroxylation is 2. The van der Waals surface area contributed by atoms with Gasteiger partial charge in [-0.1, -0.05) is 49.7 Å². The molecule has 0 unspecified atom stereocenters. The molecular weight excluding hydrogens is 454 g/mol. The monoisotopic (exact) mass is 483 g/mol. The number of benzene rings is 3. The molecule has 1 N–H and O–H groups in total. The van der Waals surface area contributed by atoms with Crippen molar-refractivity contribution in [2.45, 2.75) is 32.7 Å². The SMILES string of the molecule is CCCc1c(OCCCn2ccc3c(OCC(=O)O)cccc32)ccc2cc(-c3ccccc3)oc12. The average Bonchev–Trinajstić information content (AvgIpc) is 3.52. The van der Waals surface area contributed by atoms with Crippen molar-refractivity contribution in [3.63, 3.8) is 0 Å². The lowest BCUT2D eigenvalue weighted by molar-refractivity contribution is -0.139. The second kappa shape index (κ2) is 10.6. The van der Waals surface area contributed by atoms with Gasteiger partial charge in [0.25, 0.3) is 0 Å². The smallest absolute Gasteiger partial charge is 0.341 e. The van der Waals surface area contributed by atoms with Crippen LogP contribution in [0.5, 0.6) is 11.5 Å². The number of rotatable bonds is 11. The second-order valence-electron chi connectivity index (χ2n) is 8.77. The molecule has 0 saturated carbocycles. The van der Waals surface area contributed by atoms with Gasteiger partial charge >= 0.3 is 5.97 Å². The molecule has 0 aliphatic carbocycles. The standard InChI is InChI=1S/C30H29NO5/c1-2-8-24-27(14-13-22-19-28(36-30(22)24)21-9-4-3-5-10-21)34-18-7-16-31-17-15-23-25(31)11-6-12-26(23)35-20-29(32)33/h3-6,9-15,17,19H,2,7-8,16,18,20H2,1H3,(H,32,33). The van der Waals surface area contributed by atoms with Crippen molar-refractivity contribution in [2.75, 3.05) is 13.2 Å². The van der Waals surface area contributed by atoms with Crippen LogP contribution in [0.15, 0.2) is 83.4 Å². The molecule has 36 heavy (non-hydrogen) atoms. The van der Waals surface area contributed by atoms with Crippen LogP contribution in [0.1, 0.15) is 25.3 Å². The summed E-state index contributed by atoms with van der Waals surface area (Å²) < 4.78 is 20.1. The molecule has 0 aliphatic rings. The highest BCUT2D eigenvalue weighted by Crippen LogP contribution is 2.35. The fourth-order valence-corrected chi connectivity index (χ4v) is 4.58. The number of carboxylic acids is 1. The van der Waals surface area contributed by atoms with Crippen molar-refractivity contribution in [1.29, 1.82) is 0 Å². The molecule has 0 fully saturated rings. The van der Waals surface area contributed by atoms with E-state index in [1.54, 1.807) is 6.07 Å². The van der Waals surface area contributed by atoms with E-state index >= 15 is 0 Å². The molecule has 0 bridgehead atoms. The van der Waals surface area contributed by atoms with E-state index in [1.165, 1.54) is 0 Å². The van der Waals surface area contributed by atoms with E-state index in [4.69, 9.17) is 19.0 Å². The van der Waals surface area contributed by atoms with Gasteiger partial charge in [-0.3, -0.25) is 0 Å². The average molecular weight is 484 g/mol. The van der Waals surface area contributed by atoms with Crippen LogP contribution < -0.4 is 9.47 Å². The Morgan fingerprint density at radius 1 is 0.972 bits per heavy atom. The highest BCUT2D eigenvalue weighted by Gasteiger charge is 2.15. The molecular formula is C30H29NO5. The normalized spacial score (nSPS) is 11.2. The van der Waals surface area contributed by atoms with Crippen LogP contribution >= 0.6 is 0 Å². The van der Waals surface area contributed by atoms with Crippen molar-refractivity contribution < 1.29 is 23.8 Å². The van der Waals surface area contributed by atoms with Gasteiger partial charge in [-0.2, -0.15) is 0 Å². The Labute approximate surface area is 209 Å². The molecule has 6 nitrogen and oxygen atoms in total. The Bertz CT molecular complexity index is 1480. The number of fused-ring (bicyclic) bond motifs is 2. The summed E-state index contributed by atoms with van der Waals surface area (Å²) >= 11 is 0. The molecule has 5 aromatic rings. The van der Waals surface area contributed by atoms with E-state index in [0.29, 0.717) is 12.4 Å². The van der Waals surface area contributed by atoms with Gasteiger partial charge in [0.05, 0.1) is 12.1 Å². The van der Waals surface area contributed by atoms with Crippen LogP contribution in [0, 0.1) is 0 Å². The van der Waals surface area contributed by atoms with E-state index in [2.05, 4.69) is 41.8 Å². The molecule has 3 aromatic carbocycles. The number of ether oxygens (including phenoxy) is 2. The van der Waals surface area contributed by atoms with Crippen LogP contribution in [0.4, 0.5) is 0 Å². The maximum Gasteiger partial charge on any atom is 0.341 e. The van der Waals surface area contributed by atoms with Crippen molar-refractivity contribution in [3.8, 4) is 22.8 Å². The molecule has 2 aromatic heterocycles. The zero-order valence-electron chi connectivity index (χ0n) is 20.3. The summed E-state index contributed by atoms with van der Waals surface area (Å²) in [6.45, 7) is 3.15. The summed E-state index contributed by atoms with van der Waals surface area (Å²) in [6, 6.07) is 24.0. The molecule has 184 valence electrons. The summed E-state index contributed by atoms with van der Waals surface area (Å²) in [5.41, 5.74) is 4.09. The lowest BCUT2D eigenvalue weighted by Crippen LogP contribution is -2.09. The Kier molecular flexibility index (Phi) is 6.94. The Balaban J connectivity index is 1.28. The van der Waals surface area contributed by atoms with Crippen molar-refractivity contribution >= 4 is 27.8 Å². The molecule has 0 aliphatic heterocycles. The van der Waals surface area contributed by atoms with Crippen molar-refractivity contribution in [3.05, 3.63) is 84.6 Å². The second-order valence-corrected chi connectivity index (χ2v) is 8.77. The van der Waals surface area contributed by atoms with Gasteiger partial charge in [-0.05, 0) is 49.2 Å². The van der Waals surface area contributed by atoms with E-state index in [9.17, 15) is 4.79 Å². The van der Waals surface area contributed by atoms with Crippen molar-refractivity contribution in [1.82, 2.24) is 4.57 Å². The number of nitrogens with zero attached hydrogens (tertiary/aromatic N) is 1. The van der Waals surface area contributed by atoms with E-state index in [1.807, 2.05) is 42.6 Å². The molecule has 0 saturated heterocycles. The van der Waals surface area contributed by atoms with Crippen LogP contribution in [0.3, 0.4) is 0 Å². The van der Waals surface area contributed by atoms with Crippen LogP contribution in [-0.2, 0) is 17.8 Å². The first-order valence-corrected chi connectivity index (χ1v) is 12.3. The van der Waals surface area contributed by atoms with Gasteiger partial charge in [-0.25, -0.2) is 4.79 Å². The summed E-state index contributed by atoms with van der Waals surface area (Å²) in [7, 11) is 0. The largest absolute Gasteiger partial charge is 0.493 e. The highest BCUT2D eigenvalue weighted by atomic mass is 16.5. The number of aromatic nitrogens is 1. The summed E-state index contributed by atoms with van der Waals surface area (Å²) in [6.07, 6.45) is 4.70. The third-order valence-corrected chi connectivity index (χ3v) is 6.23. The number of carboxylic acid groups (broad SMARTS) is 1. The minimum absolute atomic E-state index is 0.356. The topological polar surface area (TPSA) is 73.8 Å². The van der Waals surface area contributed by atoms with Crippen LogP contribution in [0.2, 0.25) is 0 Å². The fraction of sp³-hybridized carbons (Fsp3) is 0.233. The van der Waals surface area contributed by atoms with Gasteiger partial charge in [0.1, 0.15) is 22.8 Å². The van der Waals surface area contributed by atoms with Gasteiger partial charge < -0.3 is 23.6 Å². The molecule has 0 spiro atoms. The first kappa shape index (κ1) is 23.5. The number of aliphatic carboxylic acids is 1. The number of carbonyl (C=O) groups is 1. The summed E-state index contributed by atoms with van der Waals surface area (Å²) in [5, 5.41) is 10.9. The quantitative estimate of drug-likeness (QED) is 0.206. The predicted octanol–water partition coefficient (Wildman–Crippen LogP) is 6.94. The fourth-order valence-electron chi connectivity index (χ4n) is 4.58. The van der Waals surface area contributed by atoms with Gasteiger partial charge in [0.15, 0.2) is 6.61 Å². The number of hydrogen-bond donors (Lipinski definition) is 1. The van der Waals surface area contributed by atoms with E-state index in [-0.39, 0.29) is 6.61 Å². The van der Waals surface area contributed by atoms with Gasteiger partial charge in [0.2, 0.25) is 0 Å². The summed E-state index contributed by atoms with van der Waals surface area (Å²) in [5.74, 6) is 1.33. The lowest BCUT2D eigenvalue weighted by Gasteiger charge is -2.12. The minimum Gasteiger partial charge on any atom is -0.493 e. The minimum atomic E-state index is -0.991. The lowest BCUT2D eigenvalue weighted by atomic mass is 10.1. The van der Waals surface area contributed by atoms with Crippen LogP contribution in [-0.4, -0.2) is 28.9 Å². The van der Waals surface area contributed by atoms with Crippen LogP contribution in [0.25, 0.3) is 33.2 Å². The molecule has 0 radical (unpaired) electrons. The molecule has 0 atom stereocenters. The van der Waals surface area contributed by atoms with E-state index < -0.39 is 5.97 Å².